The Morgan fingerprint density at radius 2 is 2.00 bits per heavy atom. The average Bonchev–Trinajstić information content (AvgIpc) is 3.36. The molecule has 0 spiro atoms. The van der Waals surface area contributed by atoms with Crippen molar-refractivity contribution >= 4 is 24.1 Å². The number of halogens is 2. The largest absolute Gasteiger partial charge is 0.355 e. The van der Waals surface area contributed by atoms with Crippen LogP contribution in [-0.4, -0.2) is 7.28 Å². The van der Waals surface area contributed by atoms with Gasteiger partial charge in [0.2, 0.25) is 0 Å². The Kier molecular flexibility index (Phi) is 4.75. The number of hydrogen-bond donors (Lipinski definition) is 1. The van der Waals surface area contributed by atoms with Crippen molar-refractivity contribution in [3.63, 3.8) is 0 Å². The van der Waals surface area contributed by atoms with Crippen molar-refractivity contribution in [3.8, 4) is 0 Å². The first-order valence-corrected chi connectivity index (χ1v) is 8.54. The topological polar surface area (TPSA) is 12.0 Å². The lowest BCUT2D eigenvalue weighted by Gasteiger charge is -2.16. The third-order valence-electron chi connectivity index (χ3n) is 4.65. The molecule has 0 amide bonds. The average molecular weight is 325 g/mol. The van der Waals surface area contributed by atoms with E-state index in [1.165, 1.54) is 6.07 Å². The van der Waals surface area contributed by atoms with Crippen LogP contribution in [0.1, 0.15) is 42.4 Å². The van der Waals surface area contributed by atoms with Crippen LogP contribution in [0.15, 0.2) is 36.9 Å². The van der Waals surface area contributed by atoms with Gasteiger partial charge in [0.1, 0.15) is 11.6 Å². The summed E-state index contributed by atoms with van der Waals surface area (Å²) in [5.74, 6) is -0.0551. The van der Waals surface area contributed by atoms with Crippen LogP contribution in [0.25, 0.3) is 5.70 Å². The molecule has 1 fully saturated rings. The lowest BCUT2D eigenvalue weighted by molar-refractivity contribution is 0.621. The second-order valence-electron chi connectivity index (χ2n) is 6.60. The Labute approximate surface area is 143 Å². The van der Waals surface area contributed by atoms with Crippen LogP contribution in [0.2, 0.25) is 6.32 Å². The van der Waals surface area contributed by atoms with E-state index in [0.717, 1.165) is 43.0 Å². The molecule has 1 nitrogen and oxygen atoms in total. The molecule has 1 saturated carbocycles. The van der Waals surface area contributed by atoms with Crippen LogP contribution in [-0.2, 0) is 0 Å². The van der Waals surface area contributed by atoms with Crippen LogP contribution in [0.5, 0.6) is 0 Å². The van der Waals surface area contributed by atoms with Gasteiger partial charge in [-0.1, -0.05) is 31.4 Å². The number of rotatable bonds is 6. The van der Waals surface area contributed by atoms with Crippen molar-refractivity contribution in [3.05, 3.63) is 65.2 Å². The van der Waals surface area contributed by atoms with Crippen molar-refractivity contribution in [2.45, 2.75) is 38.9 Å². The first kappa shape index (κ1) is 16.8. The Morgan fingerprint density at radius 1 is 1.25 bits per heavy atom. The summed E-state index contributed by atoms with van der Waals surface area (Å²) >= 11 is 0. The number of benzene rings is 2. The second-order valence-corrected chi connectivity index (χ2v) is 6.60. The van der Waals surface area contributed by atoms with E-state index in [1.54, 1.807) is 18.2 Å². The molecule has 2 aromatic carbocycles. The molecule has 0 saturated heterocycles. The minimum atomic E-state index is -0.288. The molecular formula is C20H22BF2N. The highest BCUT2D eigenvalue weighted by Crippen LogP contribution is 2.40. The Balaban J connectivity index is 1.84. The fourth-order valence-electron chi connectivity index (χ4n) is 3.07. The van der Waals surface area contributed by atoms with Crippen molar-refractivity contribution in [1.29, 1.82) is 0 Å². The quantitative estimate of drug-likeness (QED) is 0.757. The molecule has 0 radical (unpaired) electrons. The second kappa shape index (κ2) is 6.80. The predicted molar refractivity (Wildman–Crippen MR) is 99.4 cm³/mol. The van der Waals surface area contributed by atoms with Crippen LogP contribution in [0.3, 0.4) is 0 Å². The molecule has 0 bridgehead atoms. The lowest BCUT2D eigenvalue weighted by Crippen LogP contribution is -2.19. The van der Waals surface area contributed by atoms with Gasteiger partial charge in [0.25, 0.3) is 0 Å². The minimum absolute atomic E-state index is 0.278. The molecule has 0 atom stereocenters. The van der Waals surface area contributed by atoms with Crippen LogP contribution in [0, 0.1) is 18.6 Å². The van der Waals surface area contributed by atoms with Crippen LogP contribution >= 0.6 is 0 Å². The van der Waals surface area contributed by atoms with Gasteiger partial charge in [0, 0.05) is 16.9 Å². The van der Waals surface area contributed by atoms with E-state index in [4.69, 9.17) is 0 Å². The molecule has 0 aromatic heterocycles. The molecule has 1 N–H and O–H groups in total. The molecule has 4 heteroatoms. The summed E-state index contributed by atoms with van der Waals surface area (Å²) in [6, 6.07) is 8.33. The number of nitrogens with one attached hydrogen (secondary N) is 1. The van der Waals surface area contributed by atoms with Gasteiger partial charge in [-0.2, -0.15) is 0 Å². The zero-order valence-corrected chi connectivity index (χ0v) is 14.3. The molecule has 0 heterocycles. The van der Waals surface area contributed by atoms with E-state index in [9.17, 15) is 8.78 Å². The molecular weight excluding hydrogens is 303 g/mol. The zero-order valence-electron chi connectivity index (χ0n) is 14.3. The summed E-state index contributed by atoms with van der Waals surface area (Å²) in [5, 5.41) is 3.10. The first-order chi connectivity index (χ1) is 11.5. The third-order valence-corrected chi connectivity index (χ3v) is 4.65. The van der Waals surface area contributed by atoms with E-state index in [0.29, 0.717) is 22.9 Å². The molecule has 3 rings (SSSR count). The summed E-state index contributed by atoms with van der Waals surface area (Å²) in [7, 11) is 0.815. The van der Waals surface area contributed by atoms with Gasteiger partial charge in [-0.3, -0.25) is 0 Å². The van der Waals surface area contributed by atoms with Gasteiger partial charge < -0.3 is 5.32 Å². The first-order valence-electron chi connectivity index (χ1n) is 8.54. The monoisotopic (exact) mass is 325 g/mol. The highest BCUT2D eigenvalue weighted by atomic mass is 19.1. The van der Waals surface area contributed by atoms with Crippen molar-refractivity contribution in [2.75, 3.05) is 5.32 Å². The molecule has 2 aromatic rings. The van der Waals surface area contributed by atoms with Crippen LogP contribution in [0.4, 0.5) is 14.5 Å². The van der Waals surface area contributed by atoms with Gasteiger partial charge in [-0.25, -0.2) is 8.78 Å². The smallest absolute Gasteiger partial charge is 0.158 e. The molecule has 124 valence electrons. The molecule has 0 unspecified atom stereocenters. The minimum Gasteiger partial charge on any atom is -0.355 e. The van der Waals surface area contributed by atoms with E-state index in [1.807, 2.05) is 13.0 Å². The van der Waals surface area contributed by atoms with Crippen LogP contribution < -0.4 is 10.8 Å². The maximum absolute atomic E-state index is 14.4. The number of anilines is 1. The van der Waals surface area contributed by atoms with E-state index < -0.39 is 0 Å². The number of hydrogen-bond acceptors (Lipinski definition) is 1. The molecule has 24 heavy (non-hydrogen) atoms. The standard InChI is InChI=1S/C20H22BF2N/c1-4-21-18-10-16(22)11-20(12(18)2)24-13(3)17-8-7-15(9-19(17)23)14-5-6-14/h7-11,14,21,24H,3-6H2,1-2H3. The fraction of sp³-hybridized carbons (Fsp3) is 0.300. The van der Waals surface area contributed by atoms with Gasteiger partial charge in [0.05, 0.1) is 0 Å². The maximum atomic E-state index is 14.4. The highest BCUT2D eigenvalue weighted by Gasteiger charge is 2.24. The summed E-state index contributed by atoms with van der Waals surface area (Å²) < 4.78 is 28.3. The Morgan fingerprint density at radius 3 is 2.62 bits per heavy atom. The van der Waals surface area contributed by atoms with Crippen molar-refractivity contribution in [2.24, 2.45) is 0 Å². The van der Waals surface area contributed by atoms with Crippen molar-refractivity contribution < 1.29 is 8.78 Å². The summed E-state index contributed by atoms with van der Waals surface area (Å²) in [4.78, 5) is 0. The molecule has 1 aliphatic rings. The molecule has 1 aliphatic carbocycles. The maximum Gasteiger partial charge on any atom is 0.158 e. The third kappa shape index (κ3) is 3.53. The van der Waals surface area contributed by atoms with E-state index in [-0.39, 0.29) is 11.6 Å². The Bertz CT molecular complexity index is 781. The Hall–Kier alpha value is -2.10. The lowest BCUT2D eigenvalue weighted by atomic mass is 9.66. The fourth-order valence-corrected chi connectivity index (χ4v) is 3.07. The normalized spacial score (nSPS) is 13.7. The summed E-state index contributed by atoms with van der Waals surface area (Å²) in [6.45, 7) is 7.96. The SMILES string of the molecule is C=C(Nc1cc(F)cc(BCC)c1C)c1ccc(C2CC2)cc1F. The van der Waals surface area contributed by atoms with Gasteiger partial charge in [-0.15, -0.1) is 0 Å². The summed E-state index contributed by atoms with van der Waals surface area (Å²) in [6.07, 6.45) is 3.23. The van der Waals surface area contributed by atoms with Crippen molar-refractivity contribution in [1.82, 2.24) is 0 Å². The highest BCUT2D eigenvalue weighted by molar-refractivity contribution is 6.54. The zero-order chi connectivity index (χ0) is 17.3. The molecule has 0 aliphatic heterocycles. The predicted octanol–water partition coefficient (Wildman–Crippen LogP) is 4.73. The summed E-state index contributed by atoms with van der Waals surface area (Å²) in [5.41, 5.74) is 4.53. The van der Waals surface area contributed by atoms with Gasteiger partial charge >= 0.3 is 0 Å². The van der Waals surface area contributed by atoms with E-state index in [2.05, 4.69) is 18.8 Å². The van der Waals surface area contributed by atoms with E-state index >= 15 is 0 Å². The van der Waals surface area contributed by atoms with Gasteiger partial charge in [0.15, 0.2) is 7.28 Å². The van der Waals surface area contributed by atoms with Gasteiger partial charge in [-0.05, 0) is 61.1 Å².